The van der Waals surface area contributed by atoms with Gasteiger partial charge >= 0.3 is 0 Å². The number of carbonyl (C=O) groups is 2. The number of H-pyrrole nitrogens is 1. The predicted octanol–water partition coefficient (Wildman–Crippen LogP) is 2.96. The van der Waals surface area contributed by atoms with E-state index in [0.29, 0.717) is 46.9 Å². The second-order valence-electron chi connectivity index (χ2n) is 7.43. The summed E-state index contributed by atoms with van der Waals surface area (Å²) in [6.45, 7) is 0.886. The zero-order valence-corrected chi connectivity index (χ0v) is 18.0. The third kappa shape index (κ3) is 4.23. The number of aromatic amines is 1. The highest BCUT2D eigenvalue weighted by atomic mass is 16.5. The van der Waals surface area contributed by atoms with Crippen LogP contribution in [0.15, 0.2) is 53.1 Å². The largest absolute Gasteiger partial charge is 0.383 e. The number of amides is 2. The second-order valence-corrected chi connectivity index (χ2v) is 7.43. The molecule has 2 heterocycles. The van der Waals surface area contributed by atoms with Gasteiger partial charge in [0.25, 0.3) is 11.8 Å². The minimum atomic E-state index is -0.182. The summed E-state index contributed by atoms with van der Waals surface area (Å²) >= 11 is 0. The number of carbonyl (C=O) groups excluding carboxylic acids is 2. The summed E-state index contributed by atoms with van der Waals surface area (Å²) in [6, 6.07) is 14.3. The van der Waals surface area contributed by atoms with Gasteiger partial charge in [-0.1, -0.05) is 17.3 Å². The standard InChI is InChI=1S/C23H23N5O4/c1-28(2)23(30)15-6-4-14(5-7-15)18-13-20(32-27-18)21-17-9-8-16(12-19(17)25-26-21)22(29)24-10-11-31-3/h4-9,12-13H,10-11H2,1-3H3,(H,24,29)(H,25,26). The SMILES string of the molecule is COCCNC(=O)c1ccc2c(-c3cc(-c4ccc(C(=O)N(C)C)cc4)no3)n[nH]c2c1. The zero-order chi connectivity index (χ0) is 22.7. The molecular formula is C23H23N5O4. The Morgan fingerprint density at radius 1 is 1.09 bits per heavy atom. The van der Waals surface area contributed by atoms with E-state index in [9.17, 15) is 9.59 Å². The zero-order valence-electron chi connectivity index (χ0n) is 18.0. The lowest BCUT2D eigenvalue weighted by Gasteiger charge is -2.09. The van der Waals surface area contributed by atoms with Gasteiger partial charge in [-0.05, 0) is 30.3 Å². The van der Waals surface area contributed by atoms with E-state index in [-0.39, 0.29) is 11.8 Å². The van der Waals surface area contributed by atoms with Gasteiger partial charge in [-0.25, -0.2) is 0 Å². The normalized spacial score (nSPS) is 11.0. The van der Waals surface area contributed by atoms with E-state index in [2.05, 4.69) is 20.7 Å². The van der Waals surface area contributed by atoms with E-state index in [4.69, 9.17) is 9.26 Å². The first-order valence-electron chi connectivity index (χ1n) is 10.0. The van der Waals surface area contributed by atoms with Gasteiger partial charge in [0.05, 0.1) is 12.1 Å². The van der Waals surface area contributed by atoms with Crippen LogP contribution < -0.4 is 5.32 Å². The summed E-state index contributed by atoms with van der Waals surface area (Å²) < 4.78 is 10.5. The van der Waals surface area contributed by atoms with Crippen LogP contribution in [-0.2, 0) is 4.74 Å². The Balaban J connectivity index is 1.55. The van der Waals surface area contributed by atoms with Gasteiger partial charge in [-0.2, -0.15) is 5.10 Å². The fourth-order valence-corrected chi connectivity index (χ4v) is 3.28. The van der Waals surface area contributed by atoms with Crippen molar-refractivity contribution in [2.24, 2.45) is 0 Å². The van der Waals surface area contributed by atoms with E-state index in [1.165, 1.54) is 4.90 Å². The molecule has 0 aliphatic carbocycles. The molecule has 4 rings (SSSR count). The van der Waals surface area contributed by atoms with Crippen LogP contribution in [0, 0.1) is 0 Å². The first-order valence-corrected chi connectivity index (χ1v) is 10.0. The minimum absolute atomic E-state index is 0.0628. The maximum absolute atomic E-state index is 12.3. The summed E-state index contributed by atoms with van der Waals surface area (Å²) in [5.74, 6) is 0.252. The summed E-state index contributed by atoms with van der Waals surface area (Å²) in [5.41, 5.74) is 3.89. The maximum Gasteiger partial charge on any atom is 0.253 e. The van der Waals surface area contributed by atoms with Crippen LogP contribution in [0.3, 0.4) is 0 Å². The van der Waals surface area contributed by atoms with Gasteiger partial charge in [0.15, 0.2) is 5.76 Å². The van der Waals surface area contributed by atoms with Crippen molar-refractivity contribution in [3.05, 3.63) is 59.7 Å². The van der Waals surface area contributed by atoms with Crippen LogP contribution in [0.25, 0.3) is 33.6 Å². The number of nitrogens with one attached hydrogen (secondary N) is 2. The van der Waals surface area contributed by atoms with Crippen LogP contribution in [0.5, 0.6) is 0 Å². The van der Waals surface area contributed by atoms with E-state index in [0.717, 1.165) is 10.9 Å². The predicted molar refractivity (Wildman–Crippen MR) is 119 cm³/mol. The fraction of sp³-hybridized carbons (Fsp3) is 0.217. The van der Waals surface area contributed by atoms with Crippen LogP contribution in [0.2, 0.25) is 0 Å². The number of benzene rings is 2. The molecule has 0 spiro atoms. The smallest absolute Gasteiger partial charge is 0.253 e. The summed E-state index contributed by atoms with van der Waals surface area (Å²) in [5, 5.41) is 15.0. The molecule has 0 atom stereocenters. The number of rotatable bonds is 7. The topological polar surface area (TPSA) is 113 Å². The van der Waals surface area contributed by atoms with Crippen molar-refractivity contribution in [2.45, 2.75) is 0 Å². The van der Waals surface area contributed by atoms with Crippen LogP contribution >= 0.6 is 0 Å². The van der Waals surface area contributed by atoms with Crippen molar-refractivity contribution < 1.29 is 18.8 Å². The van der Waals surface area contributed by atoms with Crippen molar-refractivity contribution in [3.63, 3.8) is 0 Å². The molecule has 4 aromatic rings. The third-order valence-corrected chi connectivity index (χ3v) is 4.99. The molecule has 32 heavy (non-hydrogen) atoms. The van der Waals surface area contributed by atoms with Gasteiger partial charge in [0.2, 0.25) is 0 Å². The number of hydrogen-bond donors (Lipinski definition) is 2. The Morgan fingerprint density at radius 2 is 1.84 bits per heavy atom. The Kier molecular flexibility index (Phi) is 6.00. The molecule has 0 aliphatic rings. The lowest BCUT2D eigenvalue weighted by molar-refractivity contribution is 0.0827. The molecule has 0 bridgehead atoms. The average molecular weight is 433 g/mol. The van der Waals surface area contributed by atoms with E-state index >= 15 is 0 Å². The molecule has 2 amide bonds. The molecule has 0 radical (unpaired) electrons. The first-order chi connectivity index (χ1) is 15.5. The van der Waals surface area contributed by atoms with Crippen molar-refractivity contribution in [2.75, 3.05) is 34.4 Å². The monoisotopic (exact) mass is 433 g/mol. The number of ether oxygens (including phenoxy) is 1. The lowest BCUT2D eigenvalue weighted by Crippen LogP contribution is -2.26. The van der Waals surface area contributed by atoms with E-state index in [1.807, 2.05) is 18.2 Å². The van der Waals surface area contributed by atoms with Gasteiger partial charge in [-0.15, -0.1) is 0 Å². The molecule has 0 fully saturated rings. The molecule has 0 saturated carbocycles. The van der Waals surface area contributed by atoms with Crippen molar-refractivity contribution in [1.82, 2.24) is 25.6 Å². The number of hydrogen-bond acceptors (Lipinski definition) is 6. The first kappa shape index (κ1) is 21.3. The number of methoxy groups -OCH3 is 1. The summed E-state index contributed by atoms with van der Waals surface area (Å²) in [4.78, 5) is 25.8. The summed E-state index contributed by atoms with van der Waals surface area (Å²) in [6.07, 6.45) is 0. The van der Waals surface area contributed by atoms with Crippen LogP contribution in [0.4, 0.5) is 0 Å². The molecule has 0 unspecified atom stereocenters. The fourth-order valence-electron chi connectivity index (χ4n) is 3.28. The van der Waals surface area contributed by atoms with Gasteiger partial charge < -0.3 is 19.5 Å². The van der Waals surface area contributed by atoms with Crippen molar-refractivity contribution >= 4 is 22.7 Å². The van der Waals surface area contributed by atoms with E-state index < -0.39 is 0 Å². The third-order valence-electron chi connectivity index (χ3n) is 4.99. The van der Waals surface area contributed by atoms with Gasteiger partial charge in [-0.3, -0.25) is 14.7 Å². The number of aromatic nitrogens is 3. The molecule has 2 N–H and O–H groups in total. The Morgan fingerprint density at radius 3 is 2.56 bits per heavy atom. The highest BCUT2D eigenvalue weighted by Gasteiger charge is 2.17. The molecule has 164 valence electrons. The van der Waals surface area contributed by atoms with Gasteiger partial charge in [0.1, 0.15) is 11.4 Å². The average Bonchev–Trinajstić information content (AvgIpc) is 3.45. The molecule has 9 heteroatoms. The van der Waals surface area contributed by atoms with Crippen LogP contribution in [-0.4, -0.2) is 66.4 Å². The van der Waals surface area contributed by atoms with Crippen molar-refractivity contribution in [3.8, 4) is 22.7 Å². The Hall–Kier alpha value is -3.98. The number of nitrogens with zero attached hydrogens (tertiary/aromatic N) is 3. The summed E-state index contributed by atoms with van der Waals surface area (Å²) in [7, 11) is 5.01. The molecular weight excluding hydrogens is 410 g/mol. The minimum Gasteiger partial charge on any atom is -0.383 e. The molecule has 0 saturated heterocycles. The quantitative estimate of drug-likeness (QED) is 0.433. The highest BCUT2D eigenvalue weighted by molar-refractivity contribution is 6.00. The highest BCUT2D eigenvalue weighted by Crippen LogP contribution is 2.30. The molecule has 2 aromatic carbocycles. The Bertz CT molecular complexity index is 1260. The van der Waals surface area contributed by atoms with E-state index in [1.54, 1.807) is 51.5 Å². The van der Waals surface area contributed by atoms with Crippen LogP contribution in [0.1, 0.15) is 20.7 Å². The number of fused-ring (bicyclic) bond motifs is 1. The maximum atomic E-state index is 12.3. The molecule has 9 nitrogen and oxygen atoms in total. The van der Waals surface area contributed by atoms with Gasteiger partial charge in [0, 0.05) is 55.9 Å². The van der Waals surface area contributed by atoms with Crippen molar-refractivity contribution in [1.29, 1.82) is 0 Å². The molecule has 2 aromatic heterocycles. The Labute approximate surface area is 184 Å². The molecule has 0 aliphatic heterocycles. The second kappa shape index (κ2) is 9.03. The lowest BCUT2D eigenvalue weighted by atomic mass is 10.1.